The van der Waals surface area contributed by atoms with Crippen molar-refractivity contribution in [3.05, 3.63) is 63.8 Å². The lowest BCUT2D eigenvalue weighted by Gasteiger charge is -2.13. The molecule has 24 heavy (non-hydrogen) atoms. The van der Waals surface area contributed by atoms with Gasteiger partial charge in [-0.2, -0.15) is 0 Å². The highest BCUT2D eigenvalue weighted by Crippen LogP contribution is 2.33. The molecule has 2 aliphatic heterocycles. The van der Waals surface area contributed by atoms with E-state index in [-0.39, 0.29) is 0 Å². The van der Waals surface area contributed by atoms with E-state index in [9.17, 15) is 0 Å². The number of ether oxygens (including phenoxy) is 1. The third kappa shape index (κ3) is 2.43. The molecule has 0 fully saturated rings. The van der Waals surface area contributed by atoms with Crippen LogP contribution in [0.3, 0.4) is 0 Å². The summed E-state index contributed by atoms with van der Waals surface area (Å²) >= 11 is 6.03. The number of nitrogens with zero attached hydrogens (tertiary/aromatic N) is 3. The smallest absolute Gasteiger partial charge is 0.213 e. The lowest BCUT2D eigenvalue weighted by Crippen LogP contribution is -2.10. The summed E-state index contributed by atoms with van der Waals surface area (Å²) in [7, 11) is 1.63. The van der Waals surface area contributed by atoms with Crippen LogP contribution in [0.15, 0.2) is 52.0 Å². The second kappa shape index (κ2) is 5.87. The number of rotatable bonds is 2. The van der Waals surface area contributed by atoms with Gasteiger partial charge in [0.05, 0.1) is 31.6 Å². The summed E-state index contributed by atoms with van der Waals surface area (Å²) in [6.45, 7) is 3.35. The van der Waals surface area contributed by atoms with Gasteiger partial charge in [0.2, 0.25) is 5.88 Å². The Kier molecular flexibility index (Phi) is 3.69. The molecule has 0 aliphatic carbocycles. The van der Waals surface area contributed by atoms with E-state index < -0.39 is 0 Å². The Morgan fingerprint density at radius 2 is 1.75 bits per heavy atom. The fraction of sp³-hybridized carbons (Fsp3) is 0.211. The molecule has 0 unspecified atom stereocenters. The number of fused-ring (bicyclic) bond motifs is 2. The first-order valence-corrected chi connectivity index (χ1v) is 8.15. The first-order chi connectivity index (χ1) is 11.7. The molecule has 0 N–H and O–H groups in total. The maximum atomic E-state index is 6.03. The Morgan fingerprint density at radius 3 is 2.50 bits per heavy atom. The minimum Gasteiger partial charge on any atom is -0.481 e. The maximum Gasteiger partial charge on any atom is 0.213 e. The van der Waals surface area contributed by atoms with Crippen molar-refractivity contribution in [1.29, 1.82) is 0 Å². The van der Waals surface area contributed by atoms with Gasteiger partial charge in [-0.3, -0.25) is 9.98 Å². The van der Waals surface area contributed by atoms with Crippen LogP contribution >= 0.6 is 11.6 Å². The maximum absolute atomic E-state index is 6.03. The minimum absolute atomic E-state index is 0.595. The molecule has 120 valence electrons. The summed E-state index contributed by atoms with van der Waals surface area (Å²) < 4.78 is 5.33. The number of hydrogen-bond acceptors (Lipinski definition) is 4. The standard InChI is InChI=1S/C19H16ClN3O/c1-11-17-13(9-21-11)10-22-18(12-3-5-14(20)6-4-12)15-7-8-16(24-2)23-19(15)17/h3-8H,9-10H2,1-2H3. The van der Waals surface area contributed by atoms with Crippen molar-refractivity contribution in [1.82, 2.24) is 4.98 Å². The Balaban J connectivity index is 1.93. The third-order valence-corrected chi connectivity index (χ3v) is 4.59. The van der Waals surface area contributed by atoms with E-state index in [2.05, 4.69) is 4.99 Å². The molecular formula is C19H16ClN3O. The summed E-state index contributed by atoms with van der Waals surface area (Å²) in [5, 5.41) is 0.713. The van der Waals surface area contributed by atoms with Crippen LogP contribution in [-0.4, -0.2) is 36.6 Å². The van der Waals surface area contributed by atoms with E-state index in [1.807, 2.05) is 43.3 Å². The molecule has 2 aromatic rings. The molecule has 5 heteroatoms. The summed E-state index contributed by atoms with van der Waals surface area (Å²) in [4.78, 5) is 14.1. The van der Waals surface area contributed by atoms with Crippen LogP contribution in [0.4, 0.5) is 0 Å². The molecule has 4 nitrogen and oxygen atoms in total. The first-order valence-electron chi connectivity index (χ1n) is 7.77. The van der Waals surface area contributed by atoms with E-state index in [0.29, 0.717) is 24.0 Å². The van der Waals surface area contributed by atoms with Crippen LogP contribution in [0.25, 0.3) is 5.57 Å². The summed E-state index contributed by atoms with van der Waals surface area (Å²) in [5.41, 5.74) is 7.19. The van der Waals surface area contributed by atoms with Gasteiger partial charge in [0, 0.05) is 33.5 Å². The summed E-state index contributed by atoms with van der Waals surface area (Å²) in [5.74, 6) is 0.595. The van der Waals surface area contributed by atoms with Gasteiger partial charge in [-0.05, 0) is 30.7 Å². The molecule has 0 radical (unpaired) electrons. The molecule has 1 aromatic heterocycles. The van der Waals surface area contributed by atoms with Gasteiger partial charge in [0.25, 0.3) is 0 Å². The summed E-state index contributed by atoms with van der Waals surface area (Å²) in [6, 6.07) is 11.6. The van der Waals surface area contributed by atoms with E-state index in [1.54, 1.807) is 7.11 Å². The molecule has 1 aromatic carbocycles. The van der Waals surface area contributed by atoms with Crippen LogP contribution in [-0.2, 0) is 0 Å². The molecule has 0 saturated carbocycles. The lowest BCUT2D eigenvalue weighted by molar-refractivity contribution is 0.397. The van der Waals surface area contributed by atoms with Crippen molar-refractivity contribution in [2.24, 2.45) is 9.98 Å². The Morgan fingerprint density at radius 1 is 1.00 bits per heavy atom. The molecule has 0 saturated heterocycles. The zero-order valence-electron chi connectivity index (χ0n) is 13.5. The molecule has 0 spiro atoms. The molecular weight excluding hydrogens is 322 g/mol. The quantitative estimate of drug-likeness (QED) is 0.836. The largest absolute Gasteiger partial charge is 0.481 e. The highest BCUT2D eigenvalue weighted by Gasteiger charge is 2.27. The molecule has 0 bridgehead atoms. The van der Waals surface area contributed by atoms with Crippen LogP contribution in [0.2, 0.25) is 5.02 Å². The van der Waals surface area contributed by atoms with Crippen molar-refractivity contribution >= 4 is 28.6 Å². The highest BCUT2D eigenvalue weighted by atomic mass is 35.5. The molecule has 3 heterocycles. The molecule has 4 rings (SSSR count). The van der Waals surface area contributed by atoms with E-state index in [0.717, 1.165) is 33.8 Å². The Labute approximate surface area is 145 Å². The number of benzene rings is 1. The zero-order valence-corrected chi connectivity index (χ0v) is 14.3. The predicted octanol–water partition coefficient (Wildman–Crippen LogP) is 3.82. The highest BCUT2D eigenvalue weighted by molar-refractivity contribution is 6.31. The average Bonchev–Trinajstić information content (AvgIpc) is 2.88. The molecule has 0 atom stereocenters. The number of hydrogen-bond donors (Lipinski definition) is 0. The van der Waals surface area contributed by atoms with Crippen LogP contribution in [0.5, 0.6) is 5.88 Å². The van der Waals surface area contributed by atoms with Crippen LogP contribution in [0, 0.1) is 0 Å². The fourth-order valence-electron chi connectivity index (χ4n) is 3.15. The minimum atomic E-state index is 0.595. The van der Waals surface area contributed by atoms with Crippen molar-refractivity contribution in [3.63, 3.8) is 0 Å². The van der Waals surface area contributed by atoms with Gasteiger partial charge in [-0.15, -0.1) is 0 Å². The lowest BCUT2D eigenvalue weighted by atomic mass is 9.95. The topological polar surface area (TPSA) is 46.8 Å². The first kappa shape index (κ1) is 15.1. The second-order valence-electron chi connectivity index (χ2n) is 5.80. The zero-order chi connectivity index (χ0) is 16.7. The number of aromatic nitrogens is 1. The monoisotopic (exact) mass is 337 g/mol. The van der Waals surface area contributed by atoms with Crippen molar-refractivity contribution in [3.8, 4) is 5.88 Å². The van der Waals surface area contributed by atoms with Crippen LogP contribution in [0.1, 0.15) is 23.7 Å². The SMILES string of the molecule is COc1ccc2c(n1)C1=C(CN=C1C)CN=C2c1ccc(Cl)cc1. The number of allylic oxidation sites excluding steroid dienone is 1. The second-order valence-corrected chi connectivity index (χ2v) is 6.24. The fourth-order valence-corrected chi connectivity index (χ4v) is 3.27. The van der Waals surface area contributed by atoms with Crippen molar-refractivity contribution < 1.29 is 4.74 Å². The molecule has 2 aliphatic rings. The van der Waals surface area contributed by atoms with Gasteiger partial charge in [0.15, 0.2) is 0 Å². The van der Waals surface area contributed by atoms with Crippen molar-refractivity contribution in [2.75, 3.05) is 20.2 Å². The van der Waals surface area contributed by atoms with E-state index in [4.69, 9.17) is 26.3 Å². The predicted molar refractivity (Wildman–Crippen MR) is 97.6 cm³/mol. The third-order valence-electron chi connectivity index (χ3n) is 4.34. The number of halogens is 1. The van der Waals surface area contributed by atoms with Gasteiger partial charge < -0.3 is 4.74 Å². The number of pyridine rings is 1. The average molecular weight is 338 g/mol. The normalized spacial score (nSPS) is 16.1. The van der Waals surface area contributed by atoms with Gasteiger partial charge >= 0.3 is 0 Å². The van der Waals surface area contributed by atoms with Gasteiger partial charge in [-0.1, -0.05) is 23.7 Å². The Bertz CT molecular complexity index is 911. The number of methoxy groups -OCH3 is 1. The number of aliphatic imine (C=N–C) groups is 2. The Hall–Kier alpha value is -2.46. The van der Waals surface area contributed by atoms with Gasteiger partial charge in [-0.25, -0.2) is 4.98 Å². The van der Waals surface area contributed by atoms with E-state index >= 15 is 0 Å². The van der Waals surface area contributed by atoms with Gasteiger partial charge in [0.1, 0.15) is 0 Å². The summed E-state index contributed by atoms with van der Waals surface area (Å²) in [6.07, 6.45) is 0. The van der Waals surface area contributed by atoms with E-state index in [1.165, 1.54) is 5.57 Å². The van der Waals surface area contributed by atoms with Crippen LogP contribution < -0.4 is 4.74 Å². The van der Waals surface area contributed by atoms with Crippen molar-refractivity contribution in [2.45, 2.75) is 6.92 Å². The molecule has 0 amide bonds.